The normalized spacial score (nSPS) is 14.9. The van der Waals surface area contributed by atoms with Crippen LogP contribution in [0.25, 0.3) is 0 Å². The van der Waals surface area contributed by atoms with E-state index in [0.29, 0.717) is 16.8 Å². The average molecular weight is 481 g/mol. The SMILES string of the molecule is Cc1ccc(CNC(=O)Cn2c(C)cc3c(c2=O)NC(=O)C(Cc2cc(F)cc(F)c2)C3)c(C)n1. The maximum atomic E-state index is 13.5. The third-order valence-corrected chi connectivity index (χ3v) is 6.19. The highest BCUT2D eigenvalue weighted by Crippen LogP contribution is 2.26. The molecule has 0 saturated heterocycles. The summed E-state index contributed by atoms with van der Waals surface area (Å²) in [7, 11) is 0. The van der Waals surface area contributed by atoms with E-state index in [2.05, 4.69) is 15.6 Å². The van der Waals surface area contributed by atoms with Crippen molar-refractivity contribution >= 4 is 17.5 Å². The zero-order valence-electron chi connectivity index (χ0n) is 19.7. The zero-order chi connectivity index (χ0) is 25.3. The second-order valence-electron chi connectivity index (χ2n) is 8.92. The Balaban J connectivity index is 1.48. The Hall–Kier alpha value is -3.88. The molecule has 0 radical (unpaired) electrons. The number of hydrogen-bond donors (Lipinski definition) is 2. The van der Waals surface area contributed by atoms with Gasteiger partial charge in [0.2, 0.25) is 11.8 Å². The summed E-state index contributed by atoms with van der Waals surface area (Å²) >= 11 is 0. The number of halogens is 2. The number of carbonyl (C=O) groups excluding carboxylic acids is 2. The van der Waals surface area contributed by atoms with Crippen molar-refractivity contribution in [1.29, 1.82) is 0 Å². The van der Waals surface area contributed by atoms with Gasteiger partial charge >= 0.3 is 0 Å². The molecule has 2 N–H and O–H groups in total. The Morgan fingerprint density at radius 3 is 2.51 bits per heavy atom. The molecule has 1 aromatic carbocycles. The highest BCUT2D eigenvalue weighted by Gasteiger charge is 2.29. The number of amides is 2. The number of nitrogens with one attached hydrogen (secondary N) is 2. The molecule has 0 spiro atoms. The number of pyridine rings is 2. The molecular formula is C26H26F2N4O3. The maximum Gasteiger partial charge on any atom is 0.275 e. The lowest BCUT2D eigenvalue weighted by molar-refractivity contribution is -0.122. The molecule has 2 amide bonds. The van der Waals surface area contributed by atoms with Gasteiger partial charge in [-0.05, 0) is 74.6 Å². The summed E-state index contributed by atoms with van der Waals surface area (Å²) in [6, 6.07) is 8.70. The van der Waals surface area contributed by atoms with Gasteiger partial charge in [-0.1, -0.05) is 6.07 Å². The van der Waals surface area contributed by atoms with E-state index in [4.69, 9.17) is 0 Å². The van der Waals surface area contributed by atoms with E-state index in [9.17, 15) is 23.2 Å². The van der Waals surface area contributed by atoms with Gasteiger partial charge in [0.25, 0.3) is 5.56 Å². The van der Waals surface area contributed by atoms with E-state index in [1.54, 1.807) is 13.0 Å². The summed E-state index contributed by atoms with van der Waals surface area (Å²) in [6.07, 6.45) is 0.389. The third kappa shape index (κ3) is 5.45. The summed E-state index contributed by atoms with van der Waals surface area (Å²) in [5.74, 6) is -2.73. The molecule has 7 nitrogen and oxygen atoms in total. The minimum absolute atomic E-state index is 0.133. The number of aromatic nitrogens is 2. The van der Waals surface area contributed by atoms with Crippen molar-refractivity contribution in [3.8, 4) is 0 Å². The molecule has 0 bridgehead atoms. The van der Waals surface area contributed by atoms with Gasteiger partial charge in [-0.2, -0.15) is 0 Å². The number of carbonyl (C=O) groups is 2. The molecule has 0 fully saturated rings. The first-order valence-electron chi connectivity index (χ1n) is 11.3. The van der Waals surface area contributed by atoms with Crippen LogP contribution in [0.15, 0.2) is 41.2 Å². The number of rotatable bonds is 6. The average Bonchev–Trinajstić information content (AvgIpc) is 2.77. The number of aryl methyl sites for hydroxylation is 3. The van der Waals surface area contributed by atoms with Crippen molar-refractivity contribution < 1.29 is 18.4 Å². The number of nitrogens with zero attached hydrogens (tertiary/aromatic N) is 2. The van der Waals surface area contributed by atoms with Crippen LogP contribution in [-0.4, -0.2) is 21.4 Å². The lowest BCUT2D eigenvalue weighted by Gasteiger charge is -2.26. The van der Waals surface area contributed by atoms with Crippen molar-refractivity contribution in [2.24, 2.45) is 5.92 Å². The minimum atomic E-state index is -0.706. The Bertz CT molecular complexity index is 1360. The van der Waals surface area contributed by atoms with Crippen LogP contribution >= 0.6 is 0 Å². The topological polar surface area (TPSA) is 93.1 Å². The van der Waals surface area contributed by atoms with E-state index in [-0.39, 0.29) is 37.5 Å². The summed E-state index contributed by atoms with van der Waals surface area (Å²) in [5, 5.41) is 5.45. The predicted octanol–water partition coefficient (Wildman–Crippen LogP) is 3.12. The highest BCUT2D eigenvalue weighted by molar-refractivity contribution is 5.95. The number of anilines is 1. The predicted molar refractivity (Wildman–Crippen MR) is 127 cm³/mol. The van der Waals surface area contributed by atoms with Gasteiger partial charge in [-0.15, -0.1) is 0 Å². The van der Waals surface area contributed by atoms with E-state index in [0.717, 1.165) is 23.0 Å². The van der Waals surface area contributed by atoms with E-state index in [1.165, 1.54) is 16.7 Å². The van der Waals surface area contributed by atoms with Crippen LogP contribution in [0.2, 0.25) is 0 Å². The number of benzene rings is 1. The first kappa shape index (κ1) is 24.3. The Morgan fingerprint density at radius 2 is 1.83 bits per heavy atom. The van der Waals surface area contributed by atoms with Gasteiger partial charge in [0.1, 0.15) is 23.9 Å². The first-order chi connectivity index (χ1) is 16.6. The smallest absolute Gasteiger partial charge is 0.275 e. The molecule has 0 saturated carbocycles. The minimum Gasteiger partial charge on any atom is -0.350 e. The fourth-order valence-corrected chi connectivity index (χ4v) is 4.38. The van der Waals surface area contributed by atoms with Crippen LogP contribution in [0.5, 0.6) is 0 Å². The van der Waals surface area contributed by atoms with Crippen molar-refractivity contribution in [3.63, 3.8) is 0 Å². The number of hydrogen-bond acceptors (Lipinski definition) is 4. The van der Waals surface area contributed by atoms with Crippen molar-refractivity contribution in [2.45, 2.75) is 46.7 Å². The number of fused-ring (bicyclic) bond motifs is 1. The largest absolute Gasteiger partial charge is 0.350 e. The Morgan fingerprint density at radius 1 is 1.11 bits per heavy atom. The van der Waals surface area contributed by atoms with Crippen LogP contribution in [0.4, 0.5) is 14.5 Å². The van der Waals surface area contributed by atoms with Gasteiger partial charge in [0.15, 0.2) is 0 Å². The first-order valence-corrected chi connectivity index (χ1v) is 11.3. The molecule has 3 heterocycles. The summed E-state index contributed by atoms with van der Waals surface area (Å²) in [5.41, 5.74) is 3.84. The third-order valence-electron chi connectivity index (χ3n) is 6.19. The molecule has 2 aromatic heterocycles. The molecule has 1 unspecified atom stereocenters. The highest BCUT2D eigenvalue weighted by atomic mass is 19.1. The van der Waals surface area contributed by atoms with E-state index in [1.807, 2.05) is 26.0 Å². The fourth-order valence-electron chi connectivity index (χ4n) is 4.38. The molecule has 3 aromatic rings. The van der Waals surface area contributed by atoms with Crippen LogP contribution < -0.4 is 16.2 Å². The van der Waals surface area contributed by atoms with Crippen LogP contribution in [0.3, 0.4) is 0 Å². The van der Waals surface area contributed by atoms with E-state index >= 15 is 0 Å². The zero-order valence-corrected chi connectivity index (χ0v) is 19.7. The van der Waals surface area contributed by atoms with Gasteiger partial charge in [0, 0.05) is 35.6 Å². The molecule has 182 valence electrons. The molecular weight excluding hydrogens is 454 g/mol. The standard InChI is InChI=1S/C26H26F2N4O3/c1-14-4-5-18(16(3)30-14)12-29-23(33)13-32-15(2)6-19-10-20(25(34)31-24(19)26(32)35)7-17-8-21(27)11-22(28)9-17/h4-6,8-9,11,20H,7,10,12-13H2,1-3H3,(H,29,33)(H,31,34). The molecule has 1 atom stereocenters. The summed E-state index contributed by atoms with van der Waals surface area (Å²) in [6.45, 7) is 5.57. The molecule has 35 heavy (non-hydrogen) atoms. The van der Waals surface area contributed by atoms with Crippen molar-refractivity contribution in [2.75, 3.05) is 5.32 Å². The lowest BCUT2D eigenvalue weighted by atomic mass is 9.88. The molecule has 1 aliphatic heterocycles. The fraction of sp³-hybridized carbons (Fsp3) is 0.308. The second-order valence-corrected chi connectivity index (χ2v) is 8.92. The van der Waals surface area contributed by atoms with Crippen LogP contribution in [-0.2, 0) is 35.5 Å². The molecule has 9 heteroatoms. The van der Waals surface area contributed by atoms with Crippen LogP contribution in [0.1, 0.15) is 33.8 Å². The molecule has 4 rings (SSSR count). The Kier molecular flexibility index (Phi) is 6.77. The lowest BCUT2D eigenvalue weighted by Crippen LogP contribution is -2.39. The van der Waals surface area contributed by atoms with Gasteiger partial charge < -0.3 is 15.2 Å². The van der Waals surface area contributed by atoms with Gasteiger partial charge in [0.05, 0.1) is 0 Å². The molecule has 0 aliphatic carbocycles. The van der Waals surface area contributed by atoms with Gasteiger partial charge in [-0.25, -0.2) is 8.78 Å². The van der Waals surface area contributed by atoms with Gasteiger partial charge in [-0.3, -0.25) is 19.4 Å². The quantitative estimate of drug-likeness (QED) is 0.567. The van der Waals surface area contributed by atoms with Crippen molar-refractivity contribution in [3.05, 3.63) is 92.2 Å². The monoisotopic (exact) mass is 480 g/mol. The summed E-state index contributed by atoms with van der Waals surface area (Å²) in [4.78, 5) is 42.7. The second kappa shape index (κ2) is 9.77. The van der Waals surface area contributed by atoms with Crippen molar-refractivity contribution in [1.82, 2.24) is 14.9 Å². The Labute approximate surface area is 201 Å². The maximum absolute atomic E-state index is 13.5. The summed E-state index contributed by atoms with van der Waals surface area (Å²) < 4.78 is 28.4. The van der Waals surface area contributed by atoms with Crippen LogP contribution in [0, 0.1) is 38.3 Å². The van der Waals surface area contributed by atoms with E-state index < -0.39 is 29.0 Å². The molecule has 1 aliphatic rings.